The van der Waals surface area contributed by atoms with Crippen LogP contribution in [-0.4, -0.2) is 27.4 Å². The third kappa shape index (κ3) is 4.76. The summed E-state index contributed by atoms with van der Waals surface area (Å²) in [6, 6.07) is 8.43. The van der Waals surface area contributed by atoms with Crippen molar-refractivity contribution in [1.29, 1.82) is 0 Å². The minimum Gasteiger partial charge on any atom is -0.391 e. The Kier molecular flexibility index (Phi) is 6.47. The average molecular weight is 492 g/mol. The van der Waals surface area contributed by atoms with Crippen molar-refractivity contribution >= 4 is 22.7 Å². The molecular formula is C31H33N5O. The van der Waals surface area contributed by atoms with Gasteiger partial charge in [0.15, 0.2) is 5.78 Å². The van der Waals surface area contributed by atoms with Gasteiger partial charge in [0.2, 0.25) is 0 Å². The third-order valence-corrected chi connectivity index (χ3v) is 7.60. The number of allylic oxidation sites excluding steroid dienone is 6. The molecule has 0 unspecified atom stereocenters. The van der Waals surface area contributed by atoms with Gasteiger partial charge in [0.05, 0.1) is 23.0 Å². The van der Waals surface area contributed by atoms with E-state index in [1.54, 1.807) is 6.20 Å². The molecule has 3 heterocycles. The molecule has 0 bridgehead atoms. The number of nitrogens with one attached hydrogen (secondary N) is 2. The second kappa shape index (κ2) is 10.2. The summed E-state index contributed by atoms with van der Waals surface area (Å²) < 4.78 is 1.81. The molecule has 0 aliphatic heterocycles. The maximum Gasteiger partial charge on any atom is 0.192 e. The van der Waals surface area contributed by atoms with Crippen LogP contribution in [0.5, 0.6) is 0 Å². The lowest BCUT2D eigenvalue weighted by Crippen LogP contribution is -2.12. The van der Waals surface area contributed by atoms with Gasteiger partial charge in [-0.1, -0.05) is 24.6 Å². The number of aromatic nitrogens is 3. The number of carbonyl (C=O) groups is 1. The Morgan fingerprint density at radius 3 is 2.81 bits per heavy atom. The molecule has 0 amide bonds. The standard InChI is InChI=1S/C31H33N5O/c1-32-23-10-6-11-24(19-23)34-30-15-14-26-25(12-7-13-28(26)35-30)22-16-17-36-29(18-22)27(20-33-36)31(37)21-8-4-2-3-5-9-21/h8,11-12,14-20,32H,2-7,9-10,13H2,1H3,(H,34,35). The van der Waals surface area contributed by atoms with Gasteiger partial charge < -0.3 is 10.6 Å². The first-order valence-corrected chi connectivity index (χ1v) is 13.5. The molecule has 0 atom stereocenters. The first kappa shape index (κ1) is 23.5. The van der Waals surface area contributed by atoms with E-state index in [0.29, 0.717) is 5.56 Å². The maximum absolute atomic E-state index is 13.4. The molecule has 0 fully saturated rings. The molecule has 6 nitrogen and oxygen atoms in total. The molecule has 37 heavy (non-hydrogen) atoms. The van der Waals surface area contributed by atoms with Gasteiger partial charge in [-0.2, -0.15) is 5.10 Å². The van der Waals surface area contributed by atoms with Crippen molar-refractivity contribution in [3.8, 4) is 0 Å². The first-order valence-electron chi connectivity index (χ1n) is 13.5. The molecule has 6 rings (SSSR count). The van der Waals surface area contributed by atoms with E-state index in [0.717, 1.165) is 84.4 Å². The lowest BCUT2D eigenvalue weighted by atomic mass is 9.90. The molecule has 3 aromatic rings. The number of hydrogen-bond acceptors (Lipinski definition) is 5. The van der Waals surface area contributed by atoms with Crippen LogP contribution in [-0.2, 0) is 6.42 Å². The molecule has 0 aromatic carbocycles. The van der Waals surface area contributed by atoms with E-state index in [1.807, 2.05) is 17.8 Å². The fourth-order valence-corrected chi connectivity index (χ4v) is 5.59. The Labute approximate surface area is 217 Å². The minimum absolute atomic E-state index is 0.122. The van der Waals surface area contributed by atoms with E-state index in [1.165, 1.54) is 24.1 Å². The number of nitrogens with zero attached hydrogens (tertiary/aromatic N) is 3. The van der Waals surface area contributed by atoms with Crippen LogP contribution >= 0.6 is 0 Å². The highest BCUT2D eigenvalue weighted by Crippen LogP contribution is 2.33. The average Bonchev–Trinajstić information content (AvgIpc) is 3.16. The van der Waals surface area contributed by atoms with E-state index < -0.39 is 0 Å². The largest absolute Gasteiger partial charge is 0.391 e. The Morgan fingerprint density at radius 1 is 0.973 bits per heavy atom. The van der Waals surface area contributed by atoms with Gasteiger partial charge in [-0.15, -0.1) is 0 Å². The highest BCUT2D eigenvalue weighted by molar-refractivity contribution is 6.13. The predicted octanol–water partition coefficient (Wildman–Crippen LogP) is 6.37. The second-order valence-corrected chi connectivity index (χ2v) is 10.1. The van der Waals surface area contributed by atoms with Gasteiger partial charge in [-0.05, 0) is 98.4 Å². The van der Waals surface area contributed by atoms with Gasteiger partial charge in [0.25, 0.3) is 0 Å². The number of fused-ring (bicyclic) bond motifs is 2. The molecule has 0 radical (unpaired) electrons. The van der Waals surface area contributed by atoms with Crippen LogP contribution in [0.15, 0.2) is 77.9 Å². The molecular weight excluding hydrogens is 458 g/mol. The number of pyridine rings is 2. The van der Waals surface area contributed by atoms with Gasteiger partial charge in [-0.25, -0.2) is 9.50 Å². The summed E-state index contributed by atoms with van der Waals surface area (Å²) in [6.07, 6.45) is 21.7. The summed E-state index contributed by atoms with van der Waals surface area (Å²) in [5, 5.41) is 11.2. The molecule has 0 spiro atoms. The van der Waals surface area contributed by atoms with Gasteiger partial charge in [0.1, 0.15) is 5.82 Å². The van der Waals surface area contributed by atoms with Crippen LogP contribution in [0.25, 0.3) is 11.1 Å². The molecule has 3 aliphatic rings. The lowest BCUT2D eigenvalue weighted by molar-refractivity contribution is 0.103. The number of hydrogen-bond donors (Lipinski definition) is 2. The minimum atomic E-state index is 0.122. The fraction of sp³-hybridized carbons (Fsp3) is 0.323. The zero-order valence-corrected chi connectivity index (χ0v) is 21.4. The SMILES string of the molecule is CNC1=CC(Nc2ccc3c(n2)CCC=C3c2ccn3ncc(C(=O)C4=CCCCCC4)c3c2)=CCC1. The van der Waals surface area contributed by atoms with Crippen molar-refractivity contribution in [3.05, 3.63) is 100 Å². The molecule has 3 aromatic heterocycles. The van der Waals surface area contributed by atoms with Crippen LogP contribution in [0.1, 0.15) is 78.5 Å². The van der Waals surface area contributed by atoms with Crippen molar-refractivity contribution in [2.75, 3.05) is 12.4 Å². The van der Waals surface area contributed by atoms with Gasteiger partial charge in [-0.3, -0.25) is 4.79 Å². The zero-order chi connectivity index (χ0) is 25.2. The summed E-state index contributed by atoms with van der Waals surface area (Å²) >= 11 is 0. The number of aryl methyl sites for hydroxylation is 1. The number of ketones is 1. The predicted molar refractivity (Wildman–Crippen MR) is 148 cm³/mol. The summed E-state index contributed by atoms with van der Waals surface area (Å²) in [6.45, 7) is 0. The van der Waals surface area contributed by atoms with E-state index >= 15 is 0 Å². The van der Waals surface area contributed by atoms with Gasteiger partial charge in [0, 0.05) is 30.2 Å². The van der Waals surface area contributed by atoms with Crippen molar-refractivity contribution in [3.63, 3.8) is 0 Å². The molecule has 188 valence electrons. The molecule has 2 N–H and O–H groups in total. The Morgan fingerprint density at radius 2 is 1.89 bits per heavy atom. The van der Waals surface area contributed by atoms with Crippen LogP contribution in [0.4, 0.5) is 5.82 Å². The van der Waals surface area contributed by atoms with Crippen molar-refractivity contribution in [1.82, 2.24) is 19.9 Å². The lowest BCUT2D eigenvalue weighted by Gasteiger charge is -2.20. The molecule has 0 saturated carbocycles. The number of rotatable bonds is 6. The molecule has 0 saturated heterocycles. The zero-order valence-electron chi connectivity index (χ0n) is 21.4. The van der Waals surface area contributed by atoms with E-state index in [2.05, 4.69) is 64.3 Å². The molecule has 6 heteroatoms. The summed E-state index contributed by atoms with van der Waals surface area (Å²) in [4.78, 5) is 18.4. The normalized spacial score (nSPS) is 17.6. The van der Waals surface area contributed by atoms with Crippen LogP contribution in [0, 0.1) is 0 Å². The monoisotopic (exact) mass is 491 g/mol. The highest BCUT2D eigenvalue weighted by Gasteiger charge is 2.21. The Bertz CT molecular complexity index is 1490. The van der Waals surface area contributed by atoms with Crippen molar-refractivity contribution < 1.29 is 4.79 Å². The smallest absolute Gasteiger partial charge is 0.192 e. The topological polar surface area (TPSA) is 71.3 Å². The third-order valence-electron chi connectivity index (χ3n) is 7.60. The molecule has 3 aliphatic carbocycles. The summed E-state index contributed by atoms with van der Waals surface area (Å²) in [5.74, 6) is 0.993. The summed E-state index contributed by atoms with van der Waals surface area (Å²) in [7, 11) is 1.97. The van der Waals surface area contributed by atoms with E-state index in [9.17, 15) is 4.79 Å². The first-order chi connectivity index (χ1) is 18.2. The van der Waals surface area contributed by atoms with Crippen molar-refractivity contribution in [2.45, 2.75) is 57.8 Å². The number of Topliss-reactive ketones (excluding diaryl/α,β-unsaturated/α-hetero) is 1. The number of carbonyl (C=O) groups excluding carboxylic acids is 1. The van der Waals surface area contributed by atoms with Gasteiger partial charge >= 0.3 is 0 Å². The van der Waals surface area contributed by atoms with E-state index in [4.69, 9.17) is 4.98 Å². The van der Waals surface area contributed by atoms with E-state index in [-0.39, 0.29) is 5.78 Å². The second-order valence-electron chi connectivity index (χ2n) is 10.1. The Balaban J connectivity index is 1.29. The quantitative estimate of drug-likeness (QED) is 0.392. The van der Waals surface area contributed by atoms with Crippen LogP contribution < -0.4 is 10.6 Å². The van der Waals surface area contributed by atoms with Crippen LogP contribution in [0.3, 0.4) is 0 Å². The van der Waals surface area contributed by atoms with Crippen LogP contribution in [0.2, 0.25) is 0 Å². The number of anilines is 1. The maximum atomic E-state index is 13.4. The fourth-order valence-electron chi connectivity index (χ4n) is 5.59. The summed E-state index contributed by atoms with van der Waals surface area (Å²) in [5.41, 5.74) is 9.34. The Hall–Kier alpha value is -3.93. The highest BCUT2D eigenvalue weighted by atomic mass is 16.1. The van der Waals surface area contributed by atoms with Crippen molar-refractivity contribution in [2.24, 2.45) is 0 Å².